The molecule has 54 heavy (non-hydrogen) atoms. The Morgan fingerprint density at radius 3 is 2.61 bits per heavy atom. The molecule has 1 amide bonds. The van der Waals surface area contributed by atoms with Crippen molar-refractivity contribution >= 4 is 50.9 Å². The minimum absolute atomic E-state index is 0.0119. The van der Waals surface area contributed by atoms with Crippen molar-refractivity contribution < 1.29 is 27.1 Å². The summed E-state index contributed by atoms with van der Waals surface area (Å²) in [6.45, 7) is 2.84. The highest BCUT2D eigenvalue weighted by Crippen LogP contribution is 2.51. The lowest BCUT2D eigenvalue weighted by molar-refractivity contribution is -0.143. The number of rotatable bonds is 8. The smallest absolute Gasteiger partial charge is 0.433 e. The number of hydrogen-bond acceptors (Lipinski definition) is 6. The molecule has 2 aliphatic carbocycles. The molecule has 3 aliphatic heterocycles. The number of fused-ring (bicyclic) bond motifs is 4. The molecule has 0 spiro atoms. The summed E-state index contributed by atoms with van der Waals surface area (Å²) >= 11 is 13.0. The van der Waals surface area contributed by atoms with Crippen LogP contribution in [-0.4, -0.2) is 55.4 Å². The first-order valence-corrected chi connectivity index (χ1v) is 18.9. The van der Waals surface area contributed by atoms with Crippen LogP contribution in [0.3, 0.4) is 0 Å². The number of likely N-dealkylation sites (tertiary alicyclic amines) is 1. The lowest BCUT2D eigenvalue weighted by Crippen LogP contribution is -2.41. The lowest BCUT2D eigenvalue weighted by atomic mass is 9.79. The topological polar surface area (TPSA) is 101 Å². The predicted octanol–water partition coefficient (Wildman–Crippen LogP) is 8.48. The number of ether oxygens (including phenoxy) is 1. The van der Waals surface area contributed by atoms with Crippen LogP contribution in [0.15, 0.2) is 36.4 Å². The first kappa shape index (κ1) is 35.3. The number of halogens is 6. The van der Waals surface area contributed by atoms with Crippen molar-refractivity contribution in [3.63, 3.8) is 0 Å². The van der Waals surface area contributed by atoms with E-state index in [-0.39, 0.29) is 70.3 Å². The summed E-state index contributed by atoms with van der Waals surface area (Å²) in [5.74, 6) is -0.543. The fraction of sp³-hybridized carbons (Fsp3) is 0.436. The monoisotopic (exact) mass is 779 g/mol. The fourth-order valence-corrected chi connectivity index (χ4v) is 9.40. The molecule has 280 valence electrons. The summed E-state index contributed by atoms with van der Waals surface area (Å²) in [6.07, 6.45) is -1.96. The van der Waals surface area contributed by atoms with Gasteiger partial charge in [0.1, 0.15) is 17.3 Å². The number of hydrogen-bond donors (Lipinski definition) is 1. The van der Waals surface area contributed by atoms with Gasteiger partial charge in [-0.05, 0) is 62.3 Å². The van der Waals surface area contributed by atoms with Crippen LogP contribution in [0.25, 0.3) is 32.9 Å². The van der Waals surface area contributed by atoms with Crippen LogP contribution in [0, 0.1) is 35.9 Å². The van der Waals surface area contributed by atoms with E-state index in [2.05, 4.69) is 21.1 Å². The van der Waals surface area contributed by atoms with Crippen LogP contribution in [0.4, 0.5) is 17.6 Å². The number of nitriles is 1. The summed E-state index contributed by atoms with van der Waals surface area (Å²) in [5.41, 5.74) is 2.73. The maximum atomic E-state index is 17.2. The van der Waals surface area contributed by atoms with Gasteiger partial charge in [0.2, 0.25) is 11.8 Å². The molecule has 2 bridgehead atoms. The Morgan fingerprint density at radius 2 is 1.94 bits per heavy atom. The van der Waals surface area contributed by atoms with Gasteiger partial charge in [-0.25, -0.2) is 9.37 Å². The average molecular weight is 781 g/mol. The Balaban J connectivity index is 1.23. The van der Waals surface area contributed by atoms with Crippen molar-refractivity contribution in [3.8, 4) is 23.1 Å². The zero-order chi connectivity index (χ0) is 37.8. The Bertz CT molecular complexity index is 2400. The van der Waals surface area contributed by atoms with Gasteiger partial charge < -0.3 is 19.5 Å². The molecule has 5 aromatic rings. The van der Waals surface area contributed by atoms with E-state index < -0.39 is 29.8 Å². The van der Waals surface area contributed by atoms with Gasteiger partial charge in [0, 0.05) is 77.7 Å². The summed E-state index contributed by atoms with van der Waals surface area (Å²) in [4.78, 5) is 20.6. The summed E-state index contributed by atoms with van der Waals surface area (Å²) in [5, 5.41) is 19.1. The molecule has 5 fully saturated rings. The summed E-state index contributed by atoms with van der Waals surface area (Å²) in [7, 11) is 1.22. The number of carbonyl (C=O) groups excluding carboxylic acids is 1. The zero-order valence-corrected chi connectivity index (χ0v) is 30.9. The number of carbonyl (C=O) groups is 1. The summed E-state index contributed by atoms with van der Waals surface area (Å²) < 4.78 is 67.2. The highest BCUT2D eigenvalue weighted by Gasteiger charge is 2.51. The van der Waals surface area contributed by atoms with E-state index in [0.717, 1.165) is 53.2 Å². The quantitative estimate of drug-likeness (QED) is 0.159. The minimum Gasteiger partial charge on any atom is -0.471 e. The van der Waals surface area contributed by atoms with Crippen LogP contribution in [-0.2, 0) is 24.4 Å². The van der Waals surface area contributed by atoms with Crippen LogP contribution in [0.5, 0.6) is 5.88 Å². The number of pyridine rings is 1. The normalized spacial score (nSPS) is 23.7. The van der Waals surface area contributed by atoms with Gasteiger partial charge in [0.05, 0.1) is 40.3 Å². The summed E-state index contributed by atoms with van der Waals surface area (Å²) in [6, 6.07) is 11.8. The largest absolute Gasteiger partial charge is 0.471 e. The Labute approximate surface area is 317 Å². The van der Waals surface area contributed by atoms with E-state index in [9.17, 15) is 23.2 Å². The lowest BCUT2D eigenvalue weighted by Gasteiger charge is -2.39. The van der Waals surface area contributed by atoms with Gasteiger partial charge in [-0.15, -0.1) is 5.10 Å². The third kappa shape index (κ3) is 5.63. The van der Waals surface area contributed by atoms with Crippen LogP contribution in [0.2, 0.25) is 10.0 Å². The average Bonchev–Trinajstić information content (AvgIpc) is 3.52. The van der Waals surface area contributed by atoms with Crippen LogP contribution >= 0.6 is 23.2 Å². The number of alkyl halides is 3. The van der Waals surface area contributed by atoms with Gasteiger partial charge in [-0.2, -0.15) is 18.4 Å². The molecule has 10 rings (SSSR count). The molecule has 0 radical (unpaired) electrons. The molecule has 3 aromatic heterocycles. The second kappa shape index (κ2) is 12.9. The molecule has 3 saturated heterocycles. The number of aryl methyl sites for hydroxylation is 3. The molecule has 5 atom stereocenters. The Morgan fingerprint density at radius 1 is 1.15 bits per heavy atom. The molecular weight excluding hydrogens is 745 g/mol. The number of amides is 1. The van der Waals surface area contributed by atoms with Crippen molar-refractivity contribution in [2.45, 2.75) is 75.9 Å². The van der Waals surface area contributed by atoms with Gasteiger partial charge in [-0.1, -0.05) is 35.3 Å². The highest BCUT2D eigenvalue weighted by atomic mass is 35.5. The van der Waals surface area contributed by atoms with E-state index in [4.69, 9.17) is 32.9 Å². The van der Waals surface area contributed by atoms with Gasteiger partial charge in [0.15, 0.2) is 5.82 Å². The van der Waals surface area contributed by atoms with E-state index >= 15 is 4.39 Å². The molecule has 9 nitrogen and oxygen atoms in total. The van der Waals surface area contributed by atoms with Gasteiger partial charge >= 0.3 is 6.18 Å². The van der Waals surface area contributed by atoms with E-state index in [1.165, 1.54) is 7.05 Å². The van der Waals surface area contributed by atoms with Crippen molar-refractivity contribution in [1.82, 2.24) is 29.5 Å². The maximum absolute atomic E-state index is 17.2. The Hall–Kier alpha value is -4.38. The van der Waals surface area contributed by atoms with E-state index in [0.29, 0.717) is 34.5 Å². The van der Waals surface area contributed by atoms with Crippen molar-refractivity contribution in [2.75, 3.05) is 13.1 Å². The molecule has 5 aliphatic rings. The van der Waals surface area contributed by atoms with Gasteiger partial charge in [0.25, 0.3) is 0 Å². The number of nitrogens with zero attached hydrogens (tertiary/aromatic N) is 6. The Kier molecular flexibility index (Phi) is 8.41. The van der Waals surface area contributed by atoms with E-state index in [1.54, 1.807) is 18.2 Å². The fourth-order valence-electron chi connectivity index (χ4n) is 9.00. The number of benzene rings is 2. The second-order valence-corrected chi connectivity index (χ2v) is 15.8. The standard InChI is InChI=1S/C39H35Cl2F4N7O2/c1-18-24-14-29(28-13-22(17-51(28)38(53)19-8-9-19)54-31-15-30(39(43,44)45)50(2)49-31)52(36-21-12-27(36)47-16-21)37(24)25-11-20(5-4-10-46)32(34(42)35(25)48-18)23-6-3-7-26(40)33(23)41/h3,6-7,11,14-15,19,21-22,27-28,36,47H,4-5,8-9,12-13,16-17H2,1-2H3/t21-,22+,27-,28-,36+/m1/s1. The highest BCUT2D eigenvalue weighted by molar-refractivity contribution is 6.43. The molecule has 0 unspecified atom stereocenters. The third-order valence-corrected chi connectivity index (χ3v) is 12.5. The van der Waals surface area contributed by atoms with E-state index in [1.807, 2.05) is 24.0 Å². The molecule has 1 N–H and O–H groups in total. The molecule has 2 aromatic carbocycles. The first-order valence-electron chi connectivity index (χ1n) is 18.1. The molecule has 6 heterocycles. The number of nitrogens with one attached hydrogen (secondary N) is 1. The molecular formula is C39H35Cl2F4N7O2. The maximum Gasteiger partial charge on any atom is 0.433 e. The predicted molar refractivity (Wildman–Crippen MR) is 195 cm³/mol. The minimum atomic E-state index is -4.60. The van der Waals surface area contributed by atoms with Crippen LogP contribution < -0.4 is 10.1 Å². The zero-order valence-electron chi connectivity index (χ0n) is 29.4. The SMILES string of the molecule is Cc1nc2c(F)c(-c3cccc(Cl)c3Cl)c(CCC#N)cc2c2c1cc([C@H]1C[C@H](Oc3cc(C(F)(F)F)n(C)n3)CN1C(=O)C1CC1)n2[C@H]1[C@H]2CN[C@@H]1C2. The van der Waals surface area contributed by atoms with Crippen molar-refractivity contribution in [1.29, 1.82) is 5.26 Å². The molecule has 2 saturated carbocycles. The van der Waals surface area contributed by atoms with Gasteiger partial charge in [-0.3, -0.25) is 9.48 Å². The first-order chi connectivity index (χ1) is 25.8. The second-order valence-electron chi connectivity index (χ2n) is 15.0. The van der Waals surface area contributed by atoms with Crippen molar-refractivity contribution in [2.24, 2.45) is 18.9 Å². The third-order valence-electron chi connectivity index (χ3n) is 11.7. The molecule has 15 heteroatoms. The number of aromatic nitrogens is 4. The van der Waals surface area contributed by atoms with Crippen LogP contribution in [0.1, 0.15) is 66.8 Å². The van der Waals surface area contributed by atoms with Crippen molar-refractivity contribution in [3.05, 3.63) is 74.9 Å².